The molecule has 0 aliphatic heterocycles. The van der Waals surface area contributed by atoms with Gasteiger partial charge in [-0.05, 0) is 109 Å². The SMILES string of the molecule is COc1ccccc1-c1coc2cc(OCC(=O)O[C@H]3CC[C@@]4(C)C(=CC[C@H]5[C@H]6CC[C@H]([C@H](C)CCCC(C)C)[C@@]6(C)CC[C@@H]54)C3)ccc2c1=O. The summed E-state index contributed by atoms with van der Waals surface area (Å²) in [4.78, 5) is 26.3. The summed E-state index contributed by atoms with van der Waals surface area (Å²) in [6, 6.07) is 12.4. The van der Waals surface area contributed by atoms with E-state index < -0.39 is 0 Å². The molecule has 2 aromatic carbocycles. The molecule has 4 aliphatic rings. The normalized spacial score (nSPS) is 30.6. The number of fused-ring (bicyclic) bond motifs is 6. The van der Waals surface area contributed by atoms with Gasteiger partial charge in [-0.2, -0.15) is 0 Å². The third kappa shape index (κ3) is 6.77. The zero-order valence-electron chi connectivity index (χ0n) is 31.7. The Morgan fingerprint density at radius 2 is 1.78 bits per heavy atom. The predicted molar refractivity (Wildman–Crippen MR) is 203 cm³/mol. The van der Waals surface area contributed by atoms with Gasteiger partial charge in [0.25, 0.3) is 0 Å². The fraction of sp³-hybridized carbons (Fsp3) is 0.600. The molecule has 4 aliphatic carbocycles. The lowest BCUT2D eigenvalue weighted by molar-refractivity contribution is -0.153. The van der Waals surface area contributed by atoms with Gasteiger partial charge in [0, 0.05) is 18.1 Å². The summed E-state index contributed by atoms with van der Waals surface area (Å²) in [7, 11) is 1.58. The molecule has 0 unspecified atom stereocenters. The van der Waals surface area contributed by atoms with Crippen LogP contribution >= 0.6 is 0 Å². The summed E-state index contributed by atoms with van der Waals surface area (Å²) in [5, 5.41) is 0.434. The lowest BCUT2D eigenvalue weighted by Gasteiger charge is -2.58. The molecule has 1 aromatic heterocycles. The van der Waals surface area contributed by atoms with Crippen LogP contribution in [0.5, 0.6) is 11.5 Å². The van der Waals surface area contributed by atoms with E-state index in [1.54, 1.807) is 25.3 Å². The molecule has 0 bridgehead atoms. The maximum Gasteiger partial charge on any atom is 0.344 e. The van der Waals surface area contributed by atoms with Crippen molar-refractivity contribution in [3.05, 3.63) is 70.6 Å². The summed E-state index contributed by atoms with van der Waals surface area (Å²) < 4.78 is 23.2. The van der Waals surface area contributed by atoms with E-state index in [0.29, 0.717) is 39.0 Å². The van der Waals surface area contributed by atoms with Gasteiger partial charge in [0.05, 0.1) is 18.1 Å². The molecule has 0 N–H and O–H groups in total. The quantitative estimate of drug-likeness (QED) is 0.147. The van der Waals surface area contributed by atoms with Gasteiger partial charge >= 0.3 is 5.97 Å². The first-order chi connectivity index (χ1) is 24.5. The van der Waals surface area contributed by atoms with Crippen LogP contribution in [0.3, 0.4) is 0 Å². The van der Waals surface area contributed by atoms with Gasteiger partial charge in [-0.15, -0.1) is 0 Å². The second kappa shape index (κ2) is 14.5. The number of rotatable bonds is 11. The summed E-state index contributed by atoms with van der Waals surface area (Å²) in [6.07, 6.45) is 17.6. The van der Waals surface area contributed by atoms with Crippen molar-refractivity contribution in [3.8, 4) is 22.6 Å². The molecule has 6 nitrogen and oxygen atoms in total. The zero-order valence-corrected chi connectivity index (χ0v) is 31.7. The Morgan fingerprint density at radius 1 is 0.961 bits per heavy atom. The van der Waals surface area contributed by atoms with E-state index in [0.717, 1.165) is 54.8 Å². The maximum atomic E-state index is 13.3. The van der Waals surface area contributed by atoms with E-state index in [-0.39, 0.29) is 29.5 Å². The van der Waals surface area contributed by atoms with Crippen molar-refractivity contribution < 1.29 is 23.4 Å². The van der Waals surface area contributed by atoms with Crippen LogP contribution in [0.1, 0.15) is 105 Å². The highest BCUT2D eigenvalue weighted by molar-refractivity contribution is 5.84. The van der Waals surface area contributed by atoms with Crippen LogP contribution in [0.4, 0.5) is 0 Å². The van der Waals surface area contributed by atoms with Crippen LogP contribution in [-0.4, -0.2) is 25.8 Å². The van der Waals surface area contributed by atoms with Crippen molar-refractivity contribution in [2.75, 3.05) is 13.7 Å². The third-order valence-corrected chi connectivity index (χ3v) is 14.1. The minimum Gasteiger partial charge on any atom is -0.496 e. The number of esters is 1. The standard InChI is InChI=1S/C45H58O6/c1-28(2)10-9-11-29(3)37-18-19-38-34-16-14-30-24-32(20-22-44(30,4)39(34)21-23-45(37,38)5)51-42(46)27-49-31-15-17-35-41(25-31)50-26-36(43(35)47)33-12-7-8-13-40(33)48-6/h7-8,12-15,17,25-26,28-29,32,34,37-39H,9-11,16,18-24,27H2,1-6H3/t29-,32+,34+,37-,38-,39+,44+,45-/m1/s1. The molecule has 1 heterocycles. The van der Waals surface area contributed by atoms with E-state index in [1.165, 1.54) is 63.2 Å². The van der Waals surface area contributed by atoms with E-state index in [1.807, 2.05) is 24.3 Å². The molecule has 0 saturated heterocycles. The Labute approximate surface area is 304 Å². The number of carbonyl (C=O) groups is 1. The Hall–Kier alpha value is -3.54. The van der Waals surface area contributed by atoms with E-state index in [9.17, 15) is 9.59 Å². The Kier molecular flexibility index (Phi) is 10.2. The number of hydrogen-bond acceptors (Lipinski definition) is 6. The minimum atomic E-state index is -0.362. The van der Waals surface area contributed by atoms with Crippen LogP contribution in [0.25, 0.3) is 22.1 Å². The summed E-state index contributed by atoms with van der Waals surface area (Å²) in [5.41, 5.74) is 3.56. The number of allylic oxidation sites excluding steroid dienone is 1. The summed E-state index contributed by atoms with van der Waals surface area (Å²) >= 11 is 0. The molecule has 51 heavy (non-hydrogen) atoms. The van der Waals surface area contributed by atoms with Crippen LogP contribution in [-0.2, 0) is 9.53 Å². The lowest BCUT2D eigenvalue weighted by atomic mass is 9.47. The number of ether oxygens (including phenoxy) is 3. The Morgan fingerprint density at radius 3 is 2.59 bits per heavy atom. The Bertz CT molecular complexity index is 1820. The van der Waals surface area contributed by atoms with Gasteiger partial charge in [-0.1, -0.05) is 83.7 Å². The van der Waals surface area contributed by atoms with Crippen molar-refractivity contribution in [1.82, 2.24) is 0 Å². The van der Waals surface area contributed by atoms with E-state index in [4.69, 9.17) is 18.6 Å². The van der Waals surface area contributed by atoms with Crippen molar-refractivity contribution in [3.63, 3.8) is 0 Å². The fourth-order valence-corrected chi connectivity index (χ4v) is 11.4. The highest BCUT2D eigenvalue weighted by Gasteiger charge is 2.59. The van der Waals surface area contributed by atoms with Crippen LogP contribution in [0.15, 0.2) is 69.6 Å². The molecular weight excluding hydrogens is 636 g/mol. The second-order valence-corrected chi connectivity index (χ2v) is 17.3. The monoisotopic (exact) mass is 694 g/mol. The van der Waals surface area contributed by atoms with E-state index >= 15 is 0 Å². The first-order valence-electron chi connectivity index (χ1n) is 19.7. The molecule has 6 heteroatoms. The molecule has 3 fully saturated rings. The largest absolute Gasteiger partial charge is 0.496 e. The van der Waals surface area contributed by atoms with Crippen LogP contribution < -0.4 is 14.9 Å². The molecule has 8 atom stereocenters. The number of carbonyl (C=O) groups excluding carboxylic acids is 1. The van der Waals surface area contributed by atoms with Crippen molar-refractivity contribution in [1.29, 1.82) is 0 Å². The highest BCUT2D eigenvalue weighted by Crippen LogP contribution is 2.67. The van der Waals surface area contributed by atoms with Gasteiger partial charge < -0.3 is 18.6 Å². The van der Waals surface area contributed by atoms with Crippen molar-refractivity contribution in [2.24, 2.45) is 46.3 Å². The molecule has 7 rings (SSSR count). The van der Waals surface area contributed by atoms with Crippen LogP contribution in [0.2, 0.25) is 0 Å². The molecule has 274 valence electrons. The predicted octanol–water partition coefficient (Wildman–Crippen LogP) is 10.8. The smallest absolute Gasteiger partial charge is 0.344 e. The fourth-order valence-electron chi connectivity index (χ4n) is 11.4. The van der Waals surface area contributed by atoms with Gasteiger partial charge in [0.2, 0.25) is 5.43 Å². The second-order valence-electron chi connectivity index (χ2n) is 17.3. The molecule has 3 aromatic rings. The molecule has 0 radical (unpaired) electrons. The first-order valence-corrected chi connectivity index (χ1v) is 19.7. The van der Waals surface area contributed by atoms with Gasteiger partial charge in [-0.3, -0.25) is 4.79 Å². The van der Waals surface area contributed by atoms with Crippen molar-refractivity contribution in [2.45, 2.75) is 111 Å². The average molecular weight is 695 g/mol. The average Bonchev–Trinajstić information content (AvgIpc) is 3.48. The highest BCUT2D eigenvalue weighted by atomic mass is 16.6. The van der Waals surface area contributed by atoms with Crippen LogP contribution in [0, 0.1) is 46.3 Å². The number of para-hydroxylation sites is 1. The molecule has 0 amide bonds. The molecule has 0 spiro atoms. The third-order valence-electron chi connectivity index (χ3n) is 14.1. The van der Waals surface area contributed by atoms with E-state index in [2.05, 4.69) is 40.7 Å². The summed E-state index contributed by atoms with van der Waals surface area (Å²) in [6.45, 7) is 12.3. The molecular formula is C45H58O6. The number of hydrogen-bond donors (Lipinski definition) is 0. The lowest BCUT2D eigenvalue weighted by Crippen LogP contribution is -2.51. The zero-order chi connectivity index (χ0) is 35.9. The Balaban J connectivity index is 0.950. The number of methoxy groups -OCH3 is 1. The summed E-state index contributed by atoms with van der Waals surface area (Å²) in [5.74, 6) is 5.57. The van der Waals surface area contributed by atoms with Gasteiger partial charge in [-0.25, -0.2) is 4.79 Å². The molecule has 3 saturated carbocycles. The van der Waals surface area contributed by atoms with Gasteiger partial charge in [0.1, 0.15) is 29.4 Å². The minimum absolute atomic E-state index is 0.114. The number of benzene rings is 2. The topological polar surface area (TPSA) is 75.0 Å². The maximum absolute atomic E-state index is 13.3. The van der Waals surface area contributed by atoms with Gasteiger partial charge in [0.15, 0.2) is 6.61 Å². The first kappa shape index (κ1) is 35.8. The van der Waals surface area contributed by atoms with Crippen molar-refractivity contribution >= 4 is 16.9 Å².